The Kier molecular flexibility index (Phi) is 11.4. The molecule has 0 saturated carbocycles. The summed E-state index contributed by atoms with van der Waals surface area (Å²) in [7, 11) is 0. The lowest BCUT2D eigenvalue weighted by atomic mass is 10.0. The van der Waals surface area contributed by atoms with Crippen molar-refractivity contribution in [3.63, 3.8) is 0 Å². The molecule has 0 amide bonds. The molecule has 1 aromatic carbocycles. The van der Waals surface area contributed by atoms with Crippen molar-refractivity contribution < 1.29 is 19.4 Å². The lowest BCUT2D eigenvalue weighted by molar-refractivity contribution is -0.313. The van der Waals surface area contributed by atoms with Crippen LogP contribution in [0.15, 0.2) is 24.3 Å². The Hall–Kier alpha value is -1.84. The van der Waals surface area contributed by atoms with Gasteiger partial charge in [0.2, 0.25) is 0 Å². The third-order valence-electron chi connectivity index (χ3n) is 4.54. The van der Waals surface area contributed by atoms with Gasteiger partial charge >= 0.3 is 0 Å². The first-order valence-electron chi connectivity index (χ1n) is 10.1. The van der Waals surface area contributed by atoms with Crippen molar-refractivity contribution in [3.8, 4) is 5.75 Å². The van der Waals surface area contributed by atoms with Crippen LogP contribution in [0, 0.1) is 0 Å². The van der Waals surface area contributed by atoms with Crippen LogP contribution in [-0.2, 0) is 4.79 Å². The van der Waals surface area contributed by atoms with Gasteiger partial charge in [0.15, 0.2) is 5.78 Å². The zero-order valence-corrected chi connectivity index (χ0v) is 16.3. The SMILES string of the molecule is CCCCCCCC(=O)c1ccc(OC(CCCCCC)C(=O)[O-])cc1. The van der Waals surface area contributed by atoms with E-state index in [1.54, 1.807) is 24.3 Å². The molecule has 4 nitrogen and oxygen atoms in total. The predicted molar refractivity (Wildman–Crippen MR) is 102 cm³/mol. The van der Waals surface area contributed by atoms with Gasteiger partial charge in [-0.15, -0.1) is 0 Å². The molecular weight excluding hydrogens is 328 g/mol. The molecule has 0 aliphatic carbocycles. The Balaban J connectivity index is 2.46. The van der Waals surface area contributed by atoms with Crippen molar-refractivity contribution in [2.45, 2.75) is 90.6 Å². The van der Waals surface area contributed by atoms with Gasteiger partial charge in [0.25, 0.3) is 0 Å². The number of benzene rings is 1. The minimum Gasteiger partial charge on any atom is -0.546 e. The normalized spacial score (nSPS) is 11.9. The van der Waals surface area contributed by atoms with Gasteiger partial charge in [-0.2, -0.15) is 0 Å². The number of carbonyl (C=O) groups excluding carboxylic acids is 2. The van der Waals surface area contributed by atoms with Crippen LogP contribution in [0.4, 0.5) is 0 Å². The van der Waals surface area contributed by atoms with Crippen LogP contribution >= 0.6 is 0 Å². The molecule has 0 saturated heterocycles. The van der Waals surface area contributed by atoms with Gasteiger partial charge in [0.1, 0.15) is 11.9 Å². The van der Waals surface area contributed by atoms with Crippen LogP contribution in [0.1, 0.15) is 94.8 Å². The second kappa shape index (κ2) is 13.4. The molecule has 0 aliphatic heterocycles. The van der Waals surface area contributed by atoms with E-state index >= 15 is 0 Å². The fourth-order valence-corrected chi connectivity index (χ4v) is 2.90. The molecular formula is C22H33O4-. The number of carboxylic acid groups (broad SMARTS) is 1. The van der Waals surface area contributed by atoms with Crippen molar-refractivity contribution in [1.29, 1.82) is 0 Å². The molecule has 1 aromatic rings. The Morgan fingerprint density at radius 3 is 2.04 bits per heavy atom. The van der Waals surface area contributed by atoms with Crippen molar-refractivity contribution in [1.82, 2.24) is 0 Å². The van der Waals surface area contributed by atoms with E-state index in [0.29, 0.717) is 24.2 Å². The maximum atomic E-state index is 12.2. The Labute approximate surface area is 158 Å². The number of ketones is 1. The molecule has 0 aromatic heterocycles. The van der Waals surface area contributed by atoms with Crippen LogP contribution in [0.3, 0.4) is 0 Å². The fourth-order valence-electron chi connectivity index (χ4n) is 2.90. The van der Waals surface area contributed by atoms with Gasteiger partial charge < -0.3 is 14.6 Å². The average molecular weight is 362 g/mol. The Bertz CT molecular complexity index is 521. The van der Waals surface area contributed by atoms with Crippen molar-refractivity contribution in [2.24, 2.45) is 0 Å². The predicted octanol–water partition coefficient (Wildman–Crippen LogP) is 4.70. The van der Waals surface area contributed by atoms with Crippen LogP contribution in [0.5, 0.6) is 5.75 Å². The number of hydrogen-bond acceptors (Lipinski definition) is 4. The maximum Gasteiger partial charge on any atom is 0.162 e. The standard InChI is InChI=1S/C22H34O4/c1-3-5-7-9-10-12-20(23)18-14-16-19(17-15-18)26-21(22(24)25)13-11-8-6-4-2/h14-17,21H,3-13H2,1-2H3,(H,24,25)/p-1. The van der Waals surface area contributed by atoms with E-state index in [0.717, 1.165) is 38.5 Å². The van der Waals surface area contributed by atoms with Gasteiger partial charge in [-0.3, -0.25) is 4.79 Å². The van der Waals surface area contributed by atoms with Crippen LogP contribution in [0.25, 0.3) is 0 Å². The molecule has 26 heavy (non-hydrogen) atoms. The minimum absolute atomic E-state index is 0.129. The van der Waals surface area contributed by atoms with E-state index in [4.69, 9.17) is 4.74 Å². The summed E-state index contributed by atoms with van der Waals surface area (Å²) in [5.74, 6) is -0.591. The van der Waals surface area contributed by atoms with Gasteiger partial charge in [0, 0.05) is 12.0 Å². The first-order chi connectivity index (χ1) is 12.6. The Morgan fingerprint density at radius 2 is 1.46 bits per heavy atom. The van der Waals surface area contributed by atoms with E-state index in [1.807, 2.05) is 0 Å². The van der Waals surface area contributed by atoms with Gasteiger partial charge in [-0.25, -0.2) is 0 Å². The van der Waals surface area contributed by atoms with E-state index in [2.05, 4.69) is 13.8 Å². The molecule has 0 N–H and O–H groups in total. The highest BCUT2D eigenvalue weighted by Gasteiger charge is 2.12. The maximum absolute atomic E-state index is 12.2. The molecule has 1 unspecified atom stereocenters. The smallest absolute Gasteiger partial charge is 0.162 e. The van der Waals surface area contributed by atoms with Gasteiger partial charge in [0.05, 0.1) is 5.97 Å². The Morgan fingerprint density at radius 1 is 0.885 bits per heavy atom. The third kappa shape index (κ3) is 9.02. The third-order valence-corrected chi connectivity index (χ3v) is 4.54. The highest BCUT2D eigenvalue weighted by molar-refractivity contribution is 5.96. The van der Waals surface area contributed by atoms with Gasteiger partial charge in [-0.05, 0) is 43.5 Å². The minimum atomic E-state index is -1.19. The van der Waals surface area contributed by atoms with E-state index < -0.39 is 12.1 Å². The lowest BCUT2D eigenvalue weighted by Crippen LogP contribution is -2.39. The van der Waals surface area contributed by atoms with Crippen molar-refractivity contribution >= 4 is 11.8 Å². The summed E-state index contributed by atoms with van der Waals surface area (Å²) in [4.78, 5) is 23.4. The zero-order chi connectivity index (χ0) is 19.2. The van der Waals surface area contributed by atoms with Crippen LogP contribution in [-0.4, -0.2) is 17.9 Å². The summed E-state index contributed by atoms with van der Waals surface area (Å²) in [6.07, 6.45) is 9.67. The summed E-state index contributed by atoms with van der Waals surface area (Å²) < 4.78 is 5.54. The number of Topliss-reactive ketones (excluding diaryl/α,β-unsaturated/α-hetero) is 1. The number of aliphatic carboxylic acids is 1. The number of hydrogen-bond donors (Lipinski definition) is 0. The summed E-state index contributed by atoms with van der Waals surface area (Å²) >= 11 is 0. The molecule has 4 heteroatoms. The molecule has 146 valence electrons. The van der Waals surface area contributed by atoms with Crippen molar-refractivity contribution in [3.05, 3.63) is 29.8 Å². The molecule has 1 atom stereocenters. The average Bonchev–Trinajstić information content (AvgIpc) is 2.64. The summed E-state index contributed by atoms with van der Waals surface area (Å²) in [5.41, 5.74) is 0.654. The molecule has 0 spiro atoms. The monoisotopic (exact) mass is 361 g/mol. The largest absolute Gasteiger partial charge is 0.546 e. The lowest BCUT2D eigenvalue weighted by Gasteiger charge is -2.20. The van der Waals surface area contributed by atoms with Crippen LogP contribution in [0.2, 0.25) is 0 Å². The van der Waals surface area contributed by atoms with Crippen LogP contribution < -0.4 is 9.84 Å². The molecule has 0 heterocycles. The number of ether oxygens (including phenoxy) is 1. The number of carbonyl (C=O) groups is 2. The molecule has 0 aliphatic rings. The van der Waals surface area contributed by atoms with E-state index in [-0.39, 0.29) is 5.78 Å². The number of unbranched alkanes of at least 4 members (excludes halogenated alkanes) is 7. The molecule has 0 bridgehead atoms. The second-order valence-electron chi connectivity index (χ2n) is 6.89. The van der Waals surface area contributed by atoms with E-state index in [9.17, 15) is 14.7 Å². The number of carboxylic acids is 1. The summed E-state index contributed by atoms with van der Waals surface area (Å²) in [5, 5.41) is 11.2. The second-order valence-corrected chi connectivity index (χ2v) is 6.89. The first kappa shape index (κ1) is 22.2. The topological polar surface area (TPSA) is 66.4 Å². The van der Waals surface area contributed by atoms with Crippen molar-refractivity contribution in [2.75, 3.05) is 0 Å². The zero-order valence-electron chi connectivity index (χ0n) is 16.3. The quantitative estimate of drug-likeness (QED) is 0.335. The van der Waals surface area contributed by atoms with Gasteiger partial charge in [-0.1, -0.05) is 58.8 Å². The summed E-state index contributed by atoms with van der Waals surface area (Å²) in [6, 6.07) is 6.78. The summed E-state index contributed by atoms with van der Waals surface area (Å²) in [6.45, 7) is 4.28. The highest BCUT2D eigenvalue weighted by Crippen LogP contribution is 2.18. The molecule has 0 fully saturated rings. The fraction of sp³-hybridized carbons (Fsp3) is 0.636. The number of rotatable bonds is 15. The molecule has 1 rings (SSSR count). The first-order valence-corrected chi connectivity index (χ1v) is 10.1. The van der Waals surface area contributed by atoms with E-state index in [1.165, 1.54) is 19.3 Å². The molecule has 0 radical (unpaired) electrons. The highest BCUT2D eigenvalue weighted by atomic mass is 16.5.